The van der Waals surface area contributed by atoms with Crippen molar-refractivity contribution in [2.24, 2.45) is 5.41 Å². The first-order valence-corrected chi connectivity index (χ1v) is 6.22. The van der Waals surface area contributed by atoms with Gasteiger partial charge in [0, 0.05) is 18.4 Å². The molecule has 0 saturated heterocycles. The maximum absolute atomic E-state index is 10.8. The molecule has 0 fully saturated rings. The van der Waals surface area contributed by atoms with E-state index in [2.05, 4.69) is 6.92 Å². The van der Waals surface area contributed by atoms with Gasteiger partial charge in [0.2, 0.25) is 0 Å². The van der Waals surface area contributed by atoms with Gasteiger partial charge in [-0.1, -0.05) is 20.3 Å². The lowest BCUT2D eigenvalue weighted by atomic mass is 9.86. The highest BCUT2D eigenvalue weighted by atomic mass is 16.5. The molecule has 0 aromatic rings. The standard InChI is InChI=1S/C13H26O3/c1-4-9-16-11-13(3,10-14)8-6-5-7-12(2)15/h14H,4-11H2,1-3H3. The molecule has 3 nitrogen and oxygen atoms in total. The summed E-state index contributed by atoms with van der Waals surface area (Å²) in [6, 6.07) is 0. The second-order valence-electron chi connectivity index (χ2n) is 4.93. The molecule has 1 unspecified atom stereocenters. The first-order valence-electron chi connectivity index (χ1n) is 6.22. The minimum absolute atomic E-state index is 0.147. The molecule has 0 spiro atoms. The molecule has 16 heavy (non-hydrogen) atoms. The first kappa shape index (κ1) is 15.6. The van der Waals surface area contributed by atoms with Crippen LogP contribution in [0.25, 0.3) is 0 Å². The van der Waals surface area contributed by atoms with E-state index in [9.17, 15) is 9.90 Å². The molecule has 0 radical (unpaired) electrons. The molecule has 0 aromatic heterocycles. The van der Waals surface area contributed by atoms with Gasteiger partial charge in [-0.25, -0.2) is 0 Å². The lowest BCUT2D eigenvalue weighted by Crippen LogP contribution is -2.27. The normalized spacial score (nSPS) is 14.8. The van der Waals surface area contributed by atoms with Crippen molar-refractivity contribution in [3.05, 3.63) is 0 Å². The summed E-state index contributed by atoms with van der Waals surface area (Å²) >= 11 is 0. The van der Waals surface area contributed by atoms with Gasteiger partial charge in [-0.15, -0.1) is 0 Å². The number of hydrogen-bond acceptors (Lipinski definition) is 3. The molecule has 1 N–H and O–H groups in total. The van der Waals surface area contributed by atoms with E-state index in [-0.39, 0.29) is 17.8 Å². The monoisotopic (exact) mass is 230 g/mol. The predicted octanol–water partition coefficient (Wildman–Crippen LogP) is 2.56. The molecular weight excluding hydrogens is 204 g/mol. The Labute approximate surface area is 99.2 Å². The van der Waals surface area contributed by atoms with Gasteiger partial charge >= 0.3 is 0 Å². The number of hydrogen-bond donors (Lipinski definition) is 1. The highest BCUT2D eigenvalue weighted by Gasteiger charge is 2.23. The molecular formula is C13H26O3. The summed E-state index contributed by atoms with van der Waals surface area (Å²) in [5.41, 5.74) is -0.147. The summed E-state index contributed by atoms with van der Waals surface area (Å²) in [7, 11) is 0. The second-order valence-corrected chi connectivity index (χ2v) is 4.93. The van der Waals surface area contributed by atoms with Crippen molar-refractivity contribution in [1.82, 2.24) is 0 Å². The van der Waals surface area contributed by atoms with Gasteiger partial charge in [-0.05, 0) is 26.2 Å². The smallest absolute Gasteiger partial charge is 0.129 e. The number of unbranched alkanes of at least 4 members (excludes halogenated alkanes) is 1. The molecule has 3 heteroatoms. The van der Waals surface area contributed by atoms with Crippen molar-refractivity contribution < 1.29 is 14.6 Å². The molecule has 96 valence electrons. The number of ketones is 1. The fraction of sp³-hybridized carbons (Fsp3) is 0.923. The van der Waals surface area contributed by atoms with Crippen molar-refractivity contribution in [3.63, 3.8) is 0 Å². The largest absolute Gasteiger partial charge is 0.396 e. The summed E-state index contributed by atoms with van der Waals surface area (Å²) < 4.78 is 5.49. The zero-order chi connectivity index (χ0) is 12.4. The van der Waals surface area contributed by atoms with Gasteiger partial charge in [0.05, 0.1) is 13.2 Å². The van der Waals surface area contributed by atoms with Crippen LogP contribution in [0.3, 0.4) is 0 Å². The Morgan fingerprint density at radius 3 is 2.56 bits per heavy atom. The number of carbonyl (C=O) groups is 1. The topological polar surface area (TPSA) is 46.5 Å². The fourth-order valence-electron chi connectivity index (χ4n) is 1.59. The van der Waals surface area contributed by atoms with Gasteiger partial charge in [0.1, 0.15) is 5.78 Å². The highest BCUT2D eigenvalue weighted by molar-refractivity contribution is 5.75. The Bertz CT molecular complexity index is 192. The van der Waals surface area contributed by atoms with Crippen LogP contribution in [0, 0.1) is 5.41 Å². The minimum atomic E-state index is -0.147. The maximum atomic E-state index is 10.8. The van der Waals surface area contributed by atoms with Gasteiger partial charge < -0.3 is 14.6 Å². The number of aliphatic hydroxyl groups excluding tert-OH is 1. The van der Waals surface area contributed by atoms with Crippen LogP contribution in [0.5, 0.6) is 0 Å². The lowest BCUT2D eigenvalue weighted by Gasteiger charge is -2.27. The Morgan fingerprint density at radius 1 is 1.38 bits per heavy atom. The van der Waals surface area contributed by atoms with Crippen LogP contribution >= 0.6 is 0 Å². The zero-order valence-corrected chi connectivity index (χ0v) is 10.9. The van der Waals surface area contributed by atoms with Crippen LogP contribution in [0.2, 0.25) is 0 Å². The third kappa shape index (κ3) is 7.83. The molecule has 0 saturated carbocycles. The van der Waals surface area contributed by atoms with Crippen LogP contribution in [0.4, 0.5) is 0 Å². The molecule has 0 aliphatic heterocycles. The molecule has 0 aliphatic rings. The van der Waals surface area contributed by atoms with Gasteiger partial charge in [0.25, 0.3) is 0 Å². The predicted molar refractivity (Wildman–Crippen MR) is 65.5 cm³/mol. The molecule has 0 bridgehead atoms. The lowest BCUT2D eigenvalue weighted by molar-refractivity contribution is -0.117. The van der Waals surface area contributed by atoms with Crippen molar-refractivity contribution in [3.8, 4) is 0 Å². The number of ether oxygens (including phenoxy) is 1. The molecule has 0 rings (SSSR count). The summed E-state index contributed by atoms with van der Waals surface area (Å²) in [6.45, 7) is 7.24. The number of aliphatic hydroxyl groups is 1. The number of rotatable bonds is 10. The van der Waals surface area contributed by atoms with Crippen molar-refractivity contribution >= 4 is 5.78 Å². The van der Waals surface area contributed by atoms with Crippen LogP contribution in [0.1, 0.15) is 52.9 Å². The SMILES string of the molecule is CCCOCC(C)(CO)CCCCC(C)=O. The van der Waals surface area contributed by atoms with Crippen LogP contribution < -0.4 is 0 Å². The summed E-state index contributed by atoms with van der Waals surface area (Å²) in [6.07, 6.45) is 4.47. The quantitative estimate of drug-likeness (QED) is 0.587. The summed E-state index contributed by atoms with van der Waals surface area (Å²) in [5, 5.41) is 9.35. The van der Waals surface area contributed by atoms with E-state index in [0.29, 0.717) is 13.0 Å². The van der Waals surface area contributed by atoms with E-state index in [0.717, 1.165) is 32.3 Å². The van der Waals surface area contributed by atoms with Crippen LogP contribution in [-0.2, 0) is 9.53 Å². The average Bonchev–Trinajstić information content (AvgIpc) is 2.25. The van der Waals surface area contributed by atoms with Crippen molar-refractivity contribution in [2.45, 2.75) is 52.9 Å². The van der Waals surface area contributed by atoms with Crippen molar-refractivity contribution in [1.29, 1.82) is 0 Å². The van der Waals surface area contributed by atoms with E-state index >= 15 is 0 Å². The molecule has 0 amide bonds. The third-order valence-electron chi connectivity index (χ3n) is 2.74. The Morgan fingerprint density at radius 2 is 2.06 bits per heavy atom. The van der Waals surface area contributed by atoms with Crippen molar-refractivity contribution in [2.75, 3.05) is 19.8 Å². The van der Waals surface area contributed by atoms with Crippen LogP contribution in [-0.4, -0.2) is 30.7 Å². The second kappa shape index (κ2) is 8.71. The first-order chi connectivity index (χ1) is 7.54. The van der Waals surface area contributed by atoms with Gasteiger partial charge in [0.15, 0.2) is 0 Å². The van der Waals surface area contributed by atoms with Gasteiger partial charge in [-0.2, -0.15) is 0 Å². The summed E-state index contributed by atoms with van der Waals surface area (Å²) in [5.74, 6) is 0.243. The van der Waals surface area contributed by atoms with E-state index in [4.69, 9.17) is 4.74 Å². The minimum Gasteiger partial charge on any atom is -0.396 e. The fourth-order valence-corrected chi connectivity index (χ4v) is 1.59. The molecule has 0 heterocycles. The average molecular weight is 230 g/mol. The van der Waals surface area contributed by atoms with E-state index in [1.807, 2.05) is 6.92 Å². The zero-order valence-electron chi connectivity index (χ0n) is 10.9. The summed E-state index contributed by atoms with van der Waals surface area (Å²) in [4.78, 5) is 10.8. The van der Waals surface area contributed by atoms with Crippen LogP contribution in [0.15, 0.2) is 0 Å². The molecule has 0 aliphatic carbocycles. The van der Waals surface area contributed by atoms with Gasteiger partial charge in [-0.3, -0.25) is 0 Å². The van der Waals surface area contributed by atoms with E-state index < -0.39 is 0 Å². The number of Topliss-reactive ketones (excluding diaryl/α,β-unsaturated/α-hetero) is 1. The Balaban J connectivity index is 3.73. The Hall–Kier alpha value is -0.410. The number of carbonyl (C=O) groups excluding carboxylic acids is 1. The highest BCUT2D eigenvalue weighted by Crippen LogP contribution is 2.24. The third-order valence-corrected chi connectivity index (χ3v) is 2.74. The Kier molecular flexibility index (Phi) is 8.49. The molecule has 1 atom stereocenters. The van der Waals surface area contributed by atoms with E-state index in [1.165, 1.54) is 0 Å². The van der Waals surface area contributed by atoms with E-state index in [1.54, 1.807) is 6.92 Å². The maximum Gasteiger partial charge on any atom is 0.129 e. The molecule has 0 aromatic carbocycles.